The smallest absolute Gasteiger partial charge is 0.413 e. The third-order valence-corrected chi connectivity index (χ3v) is 3.98. The molecular formula is C18H17FN6O4. The molecule has 3 aromatic heterocycles. The molecule has 3 aromatic rings. The molecule has 3 rings (SSSR count). The van der Waals surface area contributed by atoms with E-state index in [1.165, 1.54) is 43.2 Å². The van der Waals surface area contributed by atoms with Crippen LogP contribution in [0.3, 0.4) is 0 Å². The van der Waals surface area contributed by atoms with Crippen molar-refractivity contribution in [3.8, 4) is 11.4 Å². The zero-order valence-electron chi connectivity index (χ0n) is 15.8. The maximum absolute atomic E-state index is 13.7. The van der Waals surface area contributed by atoms with E-state index in [1.54, 1.807) is 19.2 Å². The maximum Gasteiger partial charge on any atom is 0.413 e. The molecule has 1 amide bonds. The van der Waals surface area contributed by atoms with Crippen molar-refractivity contribution in [1.29, 1.82) is 0 Å². The van der Waals surface area contributed by atoms with E-state index in [0.29, 0.717) is 5.69 Å². The van der Waals surface area contributed by atoms with E-state index in [0.717, 1.165) is 0 Å². The van der Waals surface area contributed by atoms with Crippen LogP contribution < -0.4 is 5.32 Å². The van der Waals surface area contributed by atoms with Crippen molar-refractivity contribution in [1.82, 2.24) is 25.0 Å². The molecule has 1 N–H and O–H groups in total. The van der Waals surface area contributed by atoms with Crippen LogP contribution in [0.5, 0.6) is 0 Å². The molecular weight excluding hydrogens is 383 g/mol. The van der Waals surface area contributed by atoms with Crippen LogP contribution in [0.25, 0.3) is 11.4 Å². The van der Waals surface area contributed by atoms with Gasteiger partial charge in [0.15, 0.2) is 11.5 Å². The summed E-state index contributed by atoms with van der Waals surface area (Å²) in [6.45, 7) is 1.52. The Morgan fingerprint density at radius 2 is 2.03 bits per heavy atom. The number of aryl methyl sites for hydroxylation is 1. The highest BCUT2D eigenvalue weighted by Gasteiger charge is 2.21. The van der Waals surface area contributed by atoms with Crippen LogP contribution >= 0.6 is 0 Å². The number of carbonyl (C=O) groups excluding carboxylic acids is 2. The molecule has 0 spiro atoms. The van der Waals surface area contributed by atoms with E-state index in [9.17, 15) is 14.0 Å². The molecule has 150 valence electrons. The van der Waals surface area contributed by atoms with Crippen LogP contribution in [0.15, 0.2) is 36.7 Å². The van der Waals surface area contributed by atoms with Crippen LogP contribution in [0.2, 0.25) is 0 Å². The van der Waals surface area contributed by atoms with Crippen molar-refractivity contribution < 1.29 is 23.5 Å². The minimum absolute atomic E-state index is 0.145. The summed E-state index contributed by atoms with van der Waals surface area (Å²) >= 11 is 0. The number of nitrogens with zero attached hydrogens (tertiary/aromatic N) is 5. The first-order chi connectivity index (χ1) is 13.9. The summed E-state index contributed by atoms with van der Waals surface area (Å²) in [4.78, 5) is 31.5. The molecule has 11 heteroatoms. The predicted molar refractivity (Wildman–Crippen MR) is 98.3 cm³/mol. The first-order valence-corrected chi connectivity index (χ1v) is 8.43. The fraction of sp³-hybridized carbons (Fsp3) is 0.222. The summed E-state index contributed by atoms with van der Waals surface area (Å²) < 4.78 is 24.9. The van der Waals surface area contributed by atoms with Crippen molar-refractivity contribution in [2.75, 3.05) is 12.4 Å². The quantitative estimate of drug-likeness (QED) is 0.512. The molecule has 1 atom stereocenters. The molecule has 0 saturated heterocycles. The monoisotopic (exact) mass is 400 g/mol. The van der Waals surface area contributed by atoms with Gasteiger partial charge in [0.2, 0.25) is 5.95 Å². The van der Waals surface area contributed by atoms with Gasteiger partial charge in [0, 0.05) is 25.0 Å². The Hall–Kier alpha value is -3.89. The molecule has 0 fully saturated rings. The molecule has 0 aliphatic carbocycles. The first kappa shape index (κ1) is 19.9. The van der Waals surface area contributed by atoms with Crippen molar-refractivity contribution in [3.63, 3.8) is 0 Å². The van der Waals surface area contributed by atoms with E-state index in [2.05, 4.69) is 30.3 Å². The van der Waals surface area contributed by atoms with Gasteiger partial charge in [-0.1, -0.05) is 5.21 Å². The van der Waals surface area contributed by atoms with Gasteiger partial charge >= 0.3 is 12.1 Å². The number of hydrogen-bond donors (Lipinski definition) is 1. The van der Waals surface area contributed by atoms with Crippen molar-refractivity contribution in [3.05, 3.63) is 53.7 Å². The van der Waals surface area contributed by atoms with E-state index >= 15 is 0 Å². The second-order valence-corrected chi connectivity index (χ2v) is 5.89. The van der Waals surface area contributed by atoms with Crippen molar-refractivity contribution >= 4 is 17.9 Å². The number of anilines is 1. The van der Waals surface area contributed by atoms with Gasteiger partial charge in [-0.05, 0) is 31.2 Å². The van der Waals surface area contributed by atoms with Gasteiger partial charge in [-0.3, -0.25) is 10.3 Å². The van der Waals surface area contributed by atoms with E-state index in [1.807, 2.05) is 0 Å². The summed E-state index contributed by atoms with van der Waals surface area (Å²) in [5.41, 5.74) is 1.04. The Bertz CT molecular complexity index is 1040. The van der Waals surface area contributed by atoms with E-state index < -0.39 is 24.1 Å². The number of halogens is 1. The number of aromatic nitrogens is 5. The summed E-state index contributed by atoms with van der Waals surface area (Å²) in [5, 5.41) is 10.4. The van der Waals surface area contributed by atoms with Crippen LogP contribution in [-0.4, -0.2) is 44.1 Å². The summed E-state index contributed by atoms with van der Waals surface area (Å²) in [6.07, 6.45) is 0.924. The molecule has 3 heterocycles. The Labute approximate surface area is 164 Å². The Morgan fingerprint density at radius 1 is 1.24 bits per heavy atom. The van der Waals surface area contributed by atoms with Gasteiger partial charge in [0.1, 0.15) is 6.10 Å². The Balaban J connectivity index is 1.77. The van der Waals surface area contributed by atoms with Gasteiger partial charge in [-0.25, -0.2) is 19.3 Å². The number of ether oxygens (including phenoxy) is 2. The number of carbonyl (C=O) groups is 2. The minimum atomic E-state index is -0.870. The lowest BCUT2D eigenvalue weighted by molar-refractivity contribution is 0.0600. The number of nitrogens with one attached hydrogen (secondary N) is 1. The number of amides is 1. The molecule has 0 bridgehead atoms. The van der Waals surface area contributed by atoms with Gasteiger partial charge in [0.05, 0.1) is 18.4 Å². The normalized spacial score (nSPS) is 11.6. The van der Waals surface area contributed by atoms with Gasteiger partial charge in [-0.15, -0.1) is 5.10 Å². The van der Waals surface area contributed by atoms with Crippen molar-refractivity contribution in [2.45, 2.75) is 13.0 Å². The highest BCUT2D eigenvalue weighted by Crippen LogP contribution is 2.25. The van der Waals surface area contributed by atoms with E-state index in [-0.39, 0.29) is 22.6 Å². The number of esters is 1. The Morgan fingerprint density at radius 3 is 2.69 bits per heavy atom. The van der Waals surface area contributed by atoms with Crippen LogP contribution in [0, 0.1) is 5.95 Å². The first-order valence-electron chi connectivity index (χ1n) is 8.43. The predicted octanol–water partition coefficient (Wildman–Crippen LogP) is 2.51. The van der Waals surface area contributed by atoms with Crippen LogP contribution in [0.4, 0.5) is 15.0 Å². The van der Waals surface area contributed by atoms with Crippen LogP contribution in [-0.2, 0) is 16.5 Å². The highest BCUT2D eigenvalue weighted by molar-refractivity contribution is 5.90. The molecule has 1 unspecified atom stereocenters. The summed E-state index contributed by atoms with van der Waals surface area (Å²) in [6, 6.07) is 6.08. The maximum atomic E-state index is 13.7. The lowest BCUT2D eigenvalue weighted by atomic mass is 10.2. The number of rotatable bonds is 5. The molecule has 10 nitrogen and oxygen atoms in total. The largest absolute Gasteiger partial charge is 0.465 e. The average Bonchev–Trinajstić information content (AvgIpc) is 3.07. The average molecular weight is 400 g/mol. The lowest BCUT2D eigenvalue weighted by Crippen LogP contribution is -2.19. The number of hydrogen-bond acceptors (Lipinski definition) is 8. The van der Waals surface area contributed by atoms with Crippen LogP contribution in [0.1, 0.15) is 28.9 Å². The second kappa shape index (κ2) is 8.42. The lowest BCUT2D eigenvalue weighted by Gasteiger charge is -2.14. The number of pyridine rings is 2. The zero-order valence-corrected chi connectivity index (χ0v) is 15.8. The SMILES string of the molecule is COC(=O)c1ccc(-c2nnn(C)c2NC(=O)OC(C)c2cccnc2F)nc1. The van der Waals surface area contributed by atoms with Gasteiger partial charge < -0.3 is 9.47 Å². The molecule has 0 aromatic carbocycles. The molecule has 0 radical (unpaired) electrons. The third kappa shape index (κ3) is 4.34. The number of methoxy groups -OCH3 is 1. The van der Waals surface area contributed by atoms with Gasteiger partial charge in [0.25, 0.3) is 0 Å². The molecule has 0 aliphatic heterocycles. The Kier molecular flexibility index (Phi) is 5.77. The highest BCUT2D eigenvalue weighted by atomic mass is 19.1. The van der Waals surface area contributed by atoms with E-state index in [4.69, 9.17) is 4.74 Å². The minimum Gasteiger partial charge on any atom is -0.465 e. The molecule has 0 saturated carbocycles. The summed E-state index contributed by atoms with van der Waals surface area (Å²) in [7, 11) is 2.84. The zero-order chi connectivity index (χ0) is 21.0. The fourth-order valence-corrected chi connectivity index (χ4v) is 2.49. The topological polar surface area (TPSA) is 121 Å². The molecule has 29 heavy (non-hydrogen) atoms. The second-order valence-electron chi connectivity index (χ2n) is 5.89. The molecule has 0 aliphatic rings. The summed E-state index contributed by atoms with van der Waals surface area (Å²) in [5.74, 6) is -1.03. The standard InChI is InChI=1S/C18H17FN6O4/c1-10(12-5-4-8-20-15(12)19)29-18(27)22-16-14(23-24-25(16)2)13-7-6-11(9-21-13)17(26)28-3/h4-10H,1-3H3,(H,22,27). The van der Waals surface area contributed by atoms with Gasteiger partial charge in [-0.2, -0.15) is 4.39 Å². The van der Waals surface area contributed by atoms with Crippen molar-refractivity contribution in [2.24, 2.45) is 7.05 Å². The fourth-order valence-electron chi connectivity index (χ4n) is 2.49. The third-order valence-electron chi connectivity index (χ3n) is 3.98.